The van der Waals surface area contributed by atoms with E-state index in [0.29, 0.717) is 5.30 Å². The first-order valence-electron chi connectivity index (χ1n) is 8.76. The molecule has 4 rings (SSSR count). The fourth-order valence-corrected chi connectivity index (χ4v) is 6.60. The Labute approximate surface area is 153 Å². The molecule has 2 atom stereocenters. The molecule has 1 aliphatic heterocycles. The van der Waals surface area contributed by atoms with Crippen LogP contribution in [-0.4, -0.2) is 22.5 Å². The third-order valence-corrected chi connectivity index (χ3v) is 8.20. The van der Waals surface area contributed by atoms with Crippen LogP contribution in [-0.2, 0) is 4.57 Å². The molecule has 0 unspecified atom stereocenters. The average Bonchev–Trinajstić information content (AvgIpc) is 2.71. The third-order valence-electron chi connectivity index (χ3n) is 5.09. The number of aliphatic hydroxyl groups excluding tert-OH is 2. The molecule has 0 bridgehead atoms. The fourth-order valence-electron chi connectivity index (χ4n) is 3.81. The first-order valence-corrected chi connectivity index (χ1v) is 10.8. The summed E-state index contributed by atoms with van der Waals surface area (Å²) in [7, 11) is -2.99. The van der Waals surface area contributed by atoms with E-state index in [4.69, 9.17) is 0 Å². The summed E-state index contributed by atoms with van der Waals surface area (Å²) in [5, 5.41) is 22.6. The summed E-state index contributed by atoms with van der Waals surface area (Å²) in [6, 6.07) is 24.5. The Bertz CT molecular complexity index is 910. The highest BCUT2D eigenvalue weighted by Gasteiger charge is 2.34. The van der Waals surface area contributed by atoms with E-state index >= 15 is 0 Å². The van der Waals surface area contributed by atoms with Crippen molar-refractivity contribution in [2.24, 2.45) is 0 Å². The van der Waals surface area contributed by atoms with Crippen LogP contribution in [0.2, 0.25) is 0 Å². The molecule has 1 aliphatic rings. The lowest BCUT2D eigenvalue weighted by Gasteiger charge is -2.23. The van der Waals surface area contributed by atoms with Gasteiger partial charge in [-0.05, 0) is 22.3 Å². The van der Waals surface area contributed by atoms with Crippen molar-refractivity contribution < 1.29 is 14.8 Å². The van der Waals surface area contributed by atoms with Gasteiger partial charge in [0.1, 0.15) is 7.14 Å². The molecule has 0 spiro atoms. The van der Waals surface area contributed by atoms with E-state index in [1.807, 2.05) is 78.9 Å². The van der Waals surface area contributed by atoms with Gasteiger partial charge in [0.15, 0.2) is 0 Å². The van der Waals surface area contributed by atoms with Crippen LogP contribution in [0.25, 0.3) is 11.1 Å². The van der Waals surface area contributed by atoms with Gasteiger partial charge < -0.3 is 14.8 Å². The van der Waals surface area contributed by atoms with Crippen LogP contribution in [0.5, 0.6) is 0 Å². The zero-order chi connectivity index (χ0) is 18.1. The van der Waals surface area contributed by atoms with Crippen LogP contribution in [0.1, 0.15) is 23.3 Å². The first-order chi connectivity index (χ1) is 12.6. The van der Waals surface area contributed by atoms with Gasteiger partial charge in [-0.1, -0.05) is 78.9 Å². The second-order valence-electron chi connectivity index (χ2n) is 6.80. The fraction of sp³-hybridized carbons (Fsp3) is 0.182. The van der Waals surface area contributed by atoms with Crippen LogP contribution in [0.15, 0.2) is 78.9 Å². The standard InChI is InChI=1S/C22H21O3P/c23-21-14-26(25,16-8-2-1-3-9-16)15-22(24)20-13-7-5-11-18(20)17-10-4-6-12-19(17)21/h1-13,21-24H,14-15H2/t21-,22-/m0/s1. The van der Waals surface area contributed by atoms with Crippen LogP contribution >= 0.6 is 7.14 Å². The highest BCUT2D eigenvalue weighted by atomic mass is 31.2. The van der Waals surface area contributed by atoms with Gasteiger partial charge in [0.2, 0.25) is 0 Å². The van der Waals surface area contributed by atoms with Gasteiger partial charge in [0.05, 0.1) is 12.2 Å². The molecule has 3 aromatic carbocycles. The second-order valence-corrected chi connectivity index (χ2v) is 9.82. The molecule has 1 heterocycles. The molecule has 2 N–H and O–H groups in total. The van der Waals surface area contributed by atoms with Crippen molar-refractivity contribution in [2.75, 3.05) is 12.3 Å². The monoisotopic (exact) mass is 364 g/mol. The molecule has 0 amide bonds. The molecule has 26 heavy (non-hydrogen) atoms. The zero-order valence-electron chi connectivity index (χ0n) is 14.3. The molecular formula is C22H21O3P. The van der Waals surface area contributed by atoms with Crippen molar-refractivity contribution >= 4 is 12.4 Å². The number of hydrogen-bond donors (Lipinski definition) is 2. The molecule has 0 aromatic heterocycles. The lowest BCUT2D eigenvalue weighted by atomic mass is 9.92. The summed E-state index contributed by atoms with van der Waals surface area (Å²) >= 11 is 0. The summed E-state index contributed by atoms with van der Waals surface area (Å²) in [5.41, 5.74) is 3.28. The molecule has 4 heteroatoms. The SMILES string of the molecule is O=P1(c2ccccc2)C[C@H](O)c2ccccc2-c2ccccc2[C@@H](O)C1. The highest BCUT2D eigenvalue weighted by Crippen LogP contribution is 2.52. The number of aliphatic hydroxyl groups is 2. The van der Waals surface area contributed by atoms with Crippen LogP contribution < -0.4 is 5.30 Å². The normalized spacial score (nSPS) is 21.6. The Morgan fingerprint density at radius 3 is 1.58 bits per heavy atom. The molecular weight excluding hydrogens is 343 g/mol. The summed E-state index contributed by atoms with van der Waals surface area (Å²) in [5.74, 6) is 0. The summed E-state index contributed by atoms with van der Waals surface area (Å²) in [4.78, 5) is 0. The maximum Gasteiger partial charge on any atom is 0.121 e. The van der Waals surface area contributed by atoms with E-state index in [1.54, 1.807) is 0 Å². The maximum absolute atomic E-state index is 13.9. The van der Waals surface area contributed by atoms with Gasteiger partial charge in [-0.25, -0.2) is 0 Å². The Morgan fingerprint density at radius 1 is 0.654 bits per heavy atom. The zero-order valence-corrected chi connectivity index (χ0v) is 15.2. The molecule has 3 nitrogen and oxygen atoms in total. The quantitative estimate of drug-likeness (QED) is 0.639. The van der Waals surface area contributed by atoms with Crippen LogP contribution in [0, 0.1) is 0 Å². The molecule has 0 aliphatic carbocycles. The minimum Gasteiger partial charge on any atom is -0.388 e. The Morgan fingerprint density at radius 2 is 1.08 bits per heavy atom. The first kappa shape index (κ1) is 17.2. The van der Waals surface area contributed by atoms with E-state index < -0.39 is 19.3 Å². The molecule has 0 saturated carbocycles. The van der Waals surface area contributed by atoms with Crippen molar-refractivity contribution in [1.29, 1.82) is 0 Å². The number of hydrogen-bond acceptors (Lipinski definition) is 3. The molecule has 0 fully saturated rings. The lowest BCUT2D eigenvalue weighted by molar-refractivity contribution is 0.196. The predicted molar refractivity (Wildman–Crippen MR) is 105 cm³/mol. The van der Waals surface area contributed by atoms with E-state index in [-0.39, 0.29) is 12.3 Å². The largest absolute Gasteiger partial charge is 0.388 e. The summed E-state index contributed by atoms with van der Waals surface area (Å²) in [6.07, 6.45) is -1.45. The minimum atomic E-state index is -2.99. The highest BCUT2D eigenvalue weighted by molar-refractivity contribution is 7.71. The topological polar surface area (TPSA) is 57.5 Å². The van der Waals surface area contributed by atoms with Gasteiger partial charge in [-0.2, -0.15) is 0 Å². The van der Waals surface area contributed by atoms with Crippen molar-refractivity contribution in [2.45, 2.75) is 12.2 Å². The minimum absolute atomic E-state index is 0.124. The van der Waals surface area contributed by atoms with Gasteiger partial charge in [-0.15, -0.1) is 0 Å². The van der Waals surface area contributed by atoms with Crippen LogP contribution in [0.3, 0.4) is 0 Å². The summed E-state index contributed by atoms with van der Waals surface area (Å²) in [6.45, 7) is 0. The average molecular weight is 364 g/mol. The smallest absolute Gasteiger partial charge is 0.121 e. The molecule has 132 valence electrons. The Hall–Kier alpha value is -2.19. The number of fused-ring (bicyclic) bond motifs is 3. The molecule has 3 aromatic rings. The number of rotatable bonds is 1. The van der Waals surface area contributed by atoms with Crippen LogP contribution in [0.4, 0.5) is 0 Å². The molecule has 0 radical (unpaired) electrons. The maximum atomic E-state index is 13.9. The third kappa shape index (κ3) is 3.03. The summed E-state index contributed by atoms with van der Waals surface area (Å²) < 4.78 is 13.9. The van der Waals surface area contributed by atoms with Gasteiger partial charge >= 0.3 is 0 Å². The van der Waals surface area contributed by atoms with Crippen molar-refractivity contribution in [3.8, 4) is 11.1 Å². The van der Waals surface area contributed by atoms with Gasteiger partial charge in [-0.3, -0.25) is 0 Å². The van der Waals surface area contributed by atoms with E-state index in [2.05, 4.69) is 0 Å². The van der Waals surface area contributed by atoms with Crippen molar-refractivity contribution in [3.05, 3.63) is 90.0 Å². The van der Waals surface area contributed by atoms with Gasteiger partial charge in [0.25, 0.3) is 0 Å². The second kappa shape index (κ2) is 6.85. The Kier molecular flexibility index (Phi) is 4.54. The number of benzene rings is 3. The molecule has 0 saturated heterocycles. The van der Waals surface area contributed by atoms with E-state index in [1.165, 1.54) is 0 Å². The Balaban J connectivity index is 1.93. The van der Waals surface area contributed by atoms with Crippen molar-refractivity contribution in [3.63, 3.8) is 0 Å². The van der Waals surface area contributed by atoms with Crippen molar-refractivity contribution in [1.82, 2.24) is 0 Å². The lowest BCUT2D eigenvalue weighted by Crippen LogP contribution is -2.18. The van der Waals surface area contributed by atoms with E-state index in [0.717, 1.165) is 22.3 Å². The predicted octanol–water partition coefficient (Wildman–Crippen LogP) is 4.12. The van der Waals surface area contributed by atoms with Gasteiger partial charge in [0, 0.05) is 17.6 Å². The van der Waals surface area contributed by atoms with E-state index in [9.17, 15) is 14.8 Å².